The van der Waals surface area contributed by atoms with Crippen molar-refractivity contribution in [3.63, 3.8) is 0 Å². The predicted molar refractivity (Wildman–Crippen MR) is 79.2 cm³/mol. The number of tetrazole rings is 1. The van der Waals surface area contributed by atoms with Crippen molar-refractivity contribution in [3.05, 3.63) is 23.7 Å². The summed E-state index contributed by atoms with van der Waals surface area (Å²) in [6.45, 7) is 2.17. The first-order valence-corrected chi connectivity index (χ1v) is 7.80. The minimum Gasteiger partial charge on any atom is -0.329 e. The molecule has 3 heterocycles. The van der Waals surface area contributed by atoms with E-state index in [1.54, 1.807) is 6.33 Å². The van der Waals surface area contributed by atoms with Gasteiger partial charge in [0.15, 0.2) is 11.5 Å². The van der Waals surface area contributed by atoms with E-state index in [9.17, 15) is 0 Å². The van der Waals surface area contributed by atoms with Crippen LogP contribution in [0.2, 0.25) is 0 Å². The molecule has 22 heavy (non-hydrogen) atoms. The van der Waals surface area contributed by atoms with Crippen LogP contribution in [0, 0.1) is 0 Å². The molecule has 0 saturated heterocycles. The van der Waals surface area contributed by atoms with Crippen LogP contribution in [0.5, 0.6) is 0 Å². The van der Waals surface area contributed by atoms with Gasteiger partial charge in [-0.05, 0) is 29.7 Å². The molecule has 1 fully saturated rings. The second-order valence-corrected chi connectivity index (χ2v) is 5.74. The molecule has 8 nitrogen and oxygen atoms in total. The summed E-state index contributed by atoms with van der Waals surface area (Å²) < 4.78 is 1.92. The van der Waals surface area contributed by atoms with Crippen LogP contribution in [0.1, 0.15) is 56.0 Å². The largest absolute Gasteiger partial charge is 0.329 e. The van der Waals surface area contributed by atoms with E-state index in [1.807, 2.05) is 4.68 Å². The fourth-order valence-corrected chi connectivity index (χ4v) is 2.60. The van der Waals surface area contributed by atoms with Crippen LogP contribution < -0.4 is 0 Å². The Kier molecular flexibility index (Phi) is 3.28. The van der Waals surface area contributed by atoms with Crippen molar-refractivity contribution in [1.29, 1.82) is 0 Å². The normalized spacial score (nSPS) is 14.8. The zero-order valence-electron chi connectivity index (χ0n) is 12.5. The number of rotatable bonds is 6. The van der Waals surface area contributed by atoms with Crippen molar-refractivity contribution in [2.24, 2.45) is 0 Å². The Morgan fingerprint density at radius 2 is 2.23 bits per heavy atom. The van der Waals surface area contributed by atoms with E-state index < -0.39 is 0 Å². The molecule has 0 bridgehead atoms. The molecule has 0 aromatic carbocycles. The average molecular weight is 298 g/mol. The van der Waals surface area contributed by atoms with Crippen molar-refractivity contribution in [2.75, 3.05) is 0 Å². The highest BCUT2D eigenvalue weighted by Gasteiger charge is 2.28. The number of imidazole rings is 1. The van der Waals surface area contributed by atoms with Crippen molar-refractivity contribution in [2.45, 2.75) is 51.5 Å². The number of H-pyrrole nitrogens is 1. The summed E-state index contributed by atoms with van der Waals surface area (Å²) in [6, 6.07) is 0.459. The molecular weight excluding hydrogens is 280 g/mol. The number of nitrogens with one attached hydrogen (secondary N) is 1. The smallest absolute Gasteiger partial charge is 0.161 e. The lowest BCUT2D eigenvalue weighted by atomic mass is 10.2. The van der Waals surface area contributed by atoms with Gasteiger partial charge >= 0.3 is 0 Å². The van der Waals surface area contributed by atoms with Crippen molar-refractivity contribution in [1.82, 2.24) is 40.1 Å². The standard InChI is InChI=1S/C14H18N8/c1-2-3-4-11-17-10(13-14(18-11)16-8-15-13)7-12-19-20-21-22(12)9-5-6-9/h8-9H,2-7H2,1H3,(H,15,16,17,18). The fraction of sp³-hybridized carbons (Fsp3) is 0.571. The number of nitrogens with zero attached hydrogens (tertiary/aromatic N) is 7. The van der Waals surface area contributed by atoms with E-state index in [2.05, 4.69) is 37.4 Å². The van der Waals surface area contributed by atoms with Gasteiger partial charge in [0.1, 0.15) is 11.3 Å². The van der Waals surface area contributed by atoms with Gasteiger partial charge in [-0.2, -0.15) is 0 Å². The van der Waals surface area contributed by atoms with Crippen LogP contribution in [0.15, 0.2) is 6.33 Å². The summed E-state index contributed by atoms with van der Waals surface area (Å²) >= 11 is 0. The molecule has 3 aromatic heterocycles. The number of hydrogen-bond donors (Lipinski definition) is 1. The maximum Gasteiger partial charge on any atom is 0.161 e. The van der Waals surface area contributed by atoms with Gasteiger partial charge in [0, 0.05) is 6.42 Å². The van der Waals surface area contributed by atoms with Crippen LogP contribution in [0.25, 0.3) is 11.2 Å². The van der Waals surface area contributed by atoms with Gasteiger partial charge in [0.05, 0.1) is 24.5 Å². The van der Waals surface area contributed by atoms with Crippen LogP contribution >= 0.6 is 0 Å². The molecule has 1 N–H and O–H groups in total. The maximum absolute atomic E-state index is 4.70. The highest BCUT2D eigenvalue weighted by Crippen LogP contribution is 2.34. The van der Waals surface area contributed by atoms with Gasteiger partial charge in [-0.25, -0.2) is 19.6 Å². The third kappa shape index (κ3) is 2.44. The van der Waals surface area contributed by atoms with Crippen molar-refractivity contribution >= 4 is 11.2 Å². The van der Waals surface area contributed by atoms with Crippen LogP contribution in [-0.4, -0.2) is 40.1 Å². The quantitative estimate of drug-likeness (QED) is 0.742. The summed E-state index contributed by atoms with van der Waals surface area (Å²) in [5.74, 6) is 1.71. The second-order valence-electron chi connectivity index (χ2n) is 5.74. The molecule has 0 spiro atoms. The number of hydrogen-bond acceptors (Lipinski definition) is 6. The molecule has 1 aliphatic rings. The lowest BCUT2D eigenvalue weighted by Crippen LogP contribution is -2.08. The van der Waals surface area contributed by atoms with Crippen molar-refractivity contribution < 1.29 is 0 Å². The SMILES string of the molecule is CCCCc1nc(Cc2nnnn2C2CC2)c2nc[nH]c2n1. The molecular formula is C14H18N8. The third-order valence-electron chi connectivity index (χ3n) is 3.93. The Balaban J connectivity index is 1.69. The summed E-state index contributed by atoms with van der Waals surface area (Å²) in [6.07, 6.45) is 7.65. The molecule has 0 unspecified atom stereocenters. The second kappa shape index (κ2) is 5.43. The molecule has 0 atom stereocenters. The minimum atomic E-state index is 0.459. The summed E-state index contributed by atoms with van der Waals surface area (Å²) in [4.78, 5) is 16.7. The molecule has 0 radical (unpaired) electrons. The average Bonchev–Trinajstić information content (AvgIpc) is 3.07. The zero-order chi connectivity index (χ0) is 14.9. The summed E-state index contributed by atoms with van der Waals surface area (Å²) in [5.41, 5.74) is 2.50. The Morgan fingerprint density at radius 3 is 3.05 bits per heavy atom. The van der Waals surface area contributed by atoms with Gasteiger partial charge in [0.25, 0.3) is 0 Å². The molecule has 1 saturated carbocycles. The molecule has 0 aliphatic heterocycles. The highest BCUT2D eigenvalue weighted by atomic mass is 15.6. The number of aromatic nitrogens is 8. The number of unbranched alkanes of at least 4 members (excludes halogenated alkanes) is 1. The first kappa shape index (κ1) is 13.3. The van der Waals surface area contributed by atoms with E-state index >= 15 is 0 Å². The maximum atomic E-state index is 4.70. The predicted octanol–water partition coefficient (Wildman–Crippen LogP) is 1.61. The monoisotopic (exact) mass is 298 g/mol. The molecule has 4 rings (SSSR count). The first-order valence-electron chi connectivity index (χ1n) is 7.80. The van der Waals surface area contributed by atoms with E-state index in [4.69, 9.17) is 4.98 Å². The summed E-state index contributed by atoms with van der Waals surface area (Å²) in [7, 11) is 0. The number of aromatic amines is 1. The van der Waals surface area contributed by atoms with Crippen LogP contribution in [-0.2, 0) is 12.8 Å². The van der Waals surface area contributed by atoms with Crippen LogP contribution in [0.4, 0.5) is 0 Å². The number of fused-ring (bicyclic) bond motifs is 1. The van der Waals surface area contributed by atoms with E-state index in [0.717, 1.165) is 60.6 Å². The molecule has 1 aliphatic carbocycles. The Bertz CT molecular complexity index is 785. The number of aryl methyl sites for hydroxylation is 1. The Labute approximate surface area is 127 Å². The first-order chi connectivity index (χ1) is 10.8. The summed E-state index contributed by atoms with van der Waals surface area (Å²) in [5, 5.41) is 12.1. The molecule has 0 amide bonds. The fourth-order valence-electron chi connectivity index (χ4n) is 2.60. The van der Waals surface area contributed by atoms with Gasteiger partial charge in [-0.1, -0.05) is 13.3 Å². The van der Waals surface area contributed by atoms with E-state index in [1.165, 1.54) is 0 Å². The van der Waals surface area contributed by atoms with Crippen molar-refractivity contribution in [3.8, 4) is 0 Å². The molecule has 8 heteroatoms. The lowest BCUT2D eigenvalue weighted by molar-refractivity contribution is 0.586. The Hall–Kier alpha value is -2.38. The van der Waals surface area contributed by atoms with Gasteiger partial charge in [-0.3, -0.25) is 0 Å². The third-order valence-corrected chi connectivity index (χ3v) is 3.93. The Morgan fingerprint density at radius 1 is 1.32 bits per heavy atom. The van der Waals surface area contributed by atoms with E-state index in [-0.39, 0.29) is 0 Å². The van der Waals surface area contributed by atoms with Gasteiger partial charge < -0.3 is 4.98 Å². The van der Waals surface area contributed by atoms with Gasteiger partial charge in [-0.15, -0.1) is 5.10 Å². The molecule has 3 aromatic rings. The lowest BCUT2D eigenvalue weighted by Gasteiger charge is -2.05. The highest BCUT2D eigenvalue weighted by molar-refractivity contribution is 5.72. The zero-order valence-corrected chi connectivity index (χ0v) is 12.5. The van der Waals surface area contributed by atoms with Crippen LogP contribution in [0.3, 0.4) is 0 Å². The minimum absolute atomic E-state index is 0.459. The topological polar surface area (TPSA) is 98.1 Å². The molecule has 114 valence electrons. The van der Waals surface area contributed by atoms with E-state index in [0.29, 0.717) is 12.5 Å². The van der Waals surface area contributed by atoms with Gasteiger partial charge in [0.2, 0.25) is 0 Å².